The van der Waals surface area contributed by atoms with E-state index in [-0.39, 0.29) is 40.4 Å². The van der Waals surface area contributed by atoms with Crippen LogP contribution in [0.15, 0.2) is 56.5 Å². The van der Waals surface area contributed by atoms with Crippen LogP contribution in [0.2, 0.25) is 0 Å². The van der Waals surface area contributed by atoms with E-state index in [9.17, 15) is 29.0 Å². The average molecular weight is 633 g/mol. The summed E-state index contributed by atoms with van der Waals surface area (Å²) in [5.74, 6) is -0.864. The number of hydrogen-bond donors (Lipinski definition) is 4. The summed E-state index contributed by atoms with van der Waals surface area (Å²) in [6, 6.07) is 11.2. The highest BCUT2D eigenvalue weighted by molar-refractivity contribution is 14.1. The first-order valence-electron chi connectivity index (χ1n) is 11.6. The molecule has 1 atom stereocenters. The van der Waals surface area contributed by atoms with Gasteiger partial charge in [-0.3, -0.25) is 9.59 Å². The Bertz CT molecular complexity index is 1680. The number of nitrogens with zero attached hydrogens (tertiary/aromatic N) is 1. The van der Waals surface area contributed by atoms with Gasteiger partial charge in [0.05, 0.1) is 36.2 Å². The number of aliphatic hydroxyl groups is 2. The molecule has 0 aliphatic carbocycles. The molecule has 0 aliphatic rings. The van der Waals surface area contributed by atoms with Crippen molar-refractivity contribution in [3.8, 4) is 11.1 Å². The molecule has 4 aromatic rings. The minimum atomic E-state index is -1.25. The van der Waals surface area contributed by atoms with Gasteiger partial charge in [0.25, 0.3) is 5.56 Å². The van der Waals surface area contributed by atoms with Gasteiger partial charge in [-0.15, -0.1) is 0 Å². The van der Waals surface area contributed by atoms with Crippen molar-refractivity contribution in [1.82, 2.24) is 4.57 Å². The molecule has 0 saturated heterocycles. The van der Waals surface area contributed by atoms with E-state index >= 15 is 0 Å². The number of aromatic nitrogens is 1. The second-order valence-corrected chi connectivity index (χ2v) is 10.1. The van der Waals surface area contributed by atoms with Crippen molar-refractivity contribution < 1.29 is 23.8 Å². The van der Waals surface area contributed by atoms with Gasteiger partial charge in [0.2, 0.25) is 5.91 Å². The Morgan fingerprint density at radius 1 is 1.18 bits per heavy atom. The molecule has 1 amide bonds. The lowest BCUT2D eigenvalue weighted by atomic mass is 9.99. The molecule has 4 rings (SSSR count). The summed E-state index contributed by atoms with van der Waals surface area (Å²) in [7, 11) is 0. The van der Waals surface area contributed by atoms with Crippen LogP contribution >= 0.6 is 22.6 Å². The summed E-state index contributed by atoms with van der Waals surface area (Å²) in [6.45, 7) is 3.62. The number of nitrogens with one attached hydrogen (secondary N) is 2. The molecule has 2 aromatic carbocycles. The summed E-state index contributed by atoms with van der Waals surface area (Å²) in [5.41, 5.74) is 0.519. The van der Waals surface area contributed by atoms with Gasteiger partial charge in [-0.1, -0.05) is 12.1 Å². The molecule has 4 N–H and O–H groups in total. The number of rotatable bonds is 7. The smallest absolute Gasteiger partial charge is 0.341 e. The highest BCUT2D eigenvalue weighted by Gasteiger charge is 2.25. The number of hydrogen-bond acceptors (Lipinski definition) is 7. The Hall–Kier alpha value is -3.55. The lowest BCUT2D eigenvalue weighted by Crippen LogP contribution is -2.31. The van der Waals surface area contributed by atoms with E-state index < -0.39 is 29.7 Å². The van der Waals surface area contributed by atoms with Gasteiger partial charge >= 0.3 is 5.63 Å². The fourth-order valence-corrected chi connectivity index (χ4v) is 4.71. The van der Waals surface area contributed by atoms with E-state index in [0.29, 0.717) is 26.1 Å². The van der Waals surface area contributed by atoms with Gasteiger partial charge in [0.1, 0.15) is 11.2 Å². The molecule has 11 heteroatoms. The lowest BCUT2D eigenvalue weighted by Gasteiger charge is -2.21. The van der Waals surface area contributed by atoms with Crippen molar-refractivity contribution in [3.63, 3.8) is 0 Å². The second-order valence-electron chi connectivity index (χ2n) is 8.82. The highest BCUT2D eigenvalue weighted by Crippen LogP contribution is 2.36. The maximum Gasteiger partial charge on any atom is 0.341 e. The van der Waals surface area contributed by atoms with E-state index in [2.05, 4.69) is 10.6 Å². The zero-order valence-electron chi connectivity index (χ0n) is 20.8. The van der Waals surface area contributed by atoms with Gasteiger partial charge in [0, 0.05) is 27.4 Å². The second kappa shape index (κ2) is 11.1. The molecule has 0 aliphatic heterocycles. The Kier molecular flexibility index (Phi) is 7.99. The van der Waals surface area contributed by atoms with Crippen LogP contribution in [0.5, 0.6) is 0 Å². The van der Waals surface area contributed by atoms with Gasteiger partial charge in [-0.2, -0.15) is 0 Å². The van der Waals surface area contributed by atoms with Crippen molar-refractivity contribution in [2.24, 2.45) is 0 Å². The molecular formula is C27H25FIN3O6. The number of amides is 1. The summed E-state index contributed by atoms with van der Waals surface area (Å²) in [6.07, 6.45) is -1.25. The summed E-state index contributed by atoms with van der Waals surface area (Å²) < 4.78 is 22.4. The Labute approximate surface area is 230 Å². The number of aliphatic hydroxyl groups excluding tert-OH is 2. The number of anilines is 3. The molecule has 1 unspecified atom stereocenters. The predicted molar refractivity (Wildman–Crippen MR) is 151 cm³/mol. The van der Waals surface area contributed by atoms with Crippen LogP contribution in [0.4, 0.5) is 21.5 Å². The zero-order chi connectivity index (χ0) is 27.7. The molecule has 0 saturated carbocycles. The van der Waals surface area contributed by atoms with Crippen molar-refractivity contribution >= 4 is 56.5 Å². The largest absolute Gasteiger partial charge is 0.421 e. The average Bonchev–Trinajstić information content (AvgIpc) is 2.85. The molecule has 2 aromatic heterocycles. The standard InChI is InChI=1S/C27H25FIN3O6/c1-13-24(31-21-8-7-17(29)10-20(21)28)23-25(38-27(13)37)22(14(2)32(26(23)36)11-19(35)12-33)16-5-4-6-18(9-16)30-15(3)34/h4-10,19,31,33,35H,11-12H2,1-3H3,(H,30,34). The van der Waals surface area contributed by atoms with E-state index in [0.717, 1.165) is 0 Å². The van der Waals surface area contributed by atoms with Gasteiger partial charge in [-0.25, -0.2) is 9.18 Å². The molecule has 0 spiro atoms. The molecule has 0 fully saturated rings. The summed E-state index contributed by atoms with van der Waals surface area (Å²) >= 11 is 1.97. The SMILES string of the molecule is CC(=O)Nc1cccc(-c2c(C)n(CC(O)CO)c(=O)c3c(Nc4ccc(I)cc4F)c(C)c(=O)oc23)c1. The quantitative estimate of drug-likeness (QED) is 0.226. The van der Waals surface area contributed by atoms with E-state index in [1.807, 2.05) is 22.6 Å². The minimum Gasteiger partial charge on any atom is -0.421 e. The number of fused-ring (bicyclic) bond motifs is 1. The van der Waals surface area contributed by atoms with Crippen LogP contribution in [0, 0.1) is 23.2 Å². The fraction of sp³-hybridized carbons (Fsp3) is 0.222. The van der Waals surface area contributed by atoms with Crippen LogP contribution in [-0.4, -0.2) is 33.4 Å². The van der Waals surface area contributed by atoms with Crippen LogP contribution < -0.4 is 21.8 Å². The molecule has 38 heavy (non-hydrogen) atoms. The van der Waals surface area contributed by atoms with Crippen molar-refractivity contribution in [1.29, 1.82) is 0 Å². The third-order valence-corrected chi connectivity index (χ3v) is 6.74. The van der Waals surface area contributed by atoms with Gasteiger partial charge in [-0.05, 0) is 72.3 Å². The number of halogens is 2. The first kappa shape index (κ1) is 27.5. The van der Waals surface area contributed by atoms with Crippen LogP contribution in [-0.2, 0) is 11.3 Å². The third kappa shape index (κ3) is 5.35. The molecule has 198 valence electrons. The molecule has 2 heterocycles. The first-order chi connectivity index (χ1) is 18.0. The topological polar surface area (TPSA) is 134 Å². The number of benzene rings is 2. The van der Waals surface area contributed by atoms with Crippen LogP contribution in [0.25, 0.3) is 22.1 Å². The van der Waals surface area contributed by atoms with Crippen LogP contribution in [0.1, 0.15) is 18.2 Å². The van der Waals surface area contributed by atoms with Crippen molar-refractivity contribution in [2.45, 2.75) is 33.4 Å². The number of carbonyl (C=O) groups is 1. The summed E-state index contributed by atoms with van der Waals surface area (Å²) in [4.78, 5) is 38.4. The van der Waals surface area contributed by atoms with Crippen molar-refractivity contribution in [2.75, 3.05) is 17.2 Å². The maximum absolute atomic E-state index is 14.8. The lowest BCUT2D eigenvalue weighted by molar-refractivity contribution is -0.114. The van der Waals surface area contributed by atoms with Gasteiger partial charge in [0.15, 0.2) is 5.58 Å². The molecular weight excluding hydrogens is 608 g/mol. The fourth-order valence-electron chi connectivity index (χ4n) is 4.26. The number of carbonyl (C=O) groups excluding carboxylic acids is 1. The van der Waals surface area contributed by atoms with E-state index in [4.69, 9.17) is 4.42 Å². The zero-order valence-corrected chi connectivity index (χ0v) is 22.9. The first-order valence-corrected chi connectivity index (χ1v) is 12.7. The van der Waals surface area contributed by atoms with E-state index in [1.165, 1.54) is 30.5 Å². The molecule has 9 nitrogen and oxygen atoms in total. The normalized spacial score (nSPS) is 12.0. The Balaban J connectivity index is 2.11. The Morgan fingerprint density at radius 3 is 2.58 bits per heavy atom. The predicted octanol–water partition coefficient (Wildman–Crippen LogP) is 4.04. The van der Waals surface area contributed by atoms with Crippen molar-refractivity contribution in [3.05, 3.63) is 83.9 Å². The van der Waals surface area contributed by atoms with E-state index in [1.54, 1.807) is 37.3 Å². The highest BCUT2D eigenvalue weighted by atomic mass is 127. The monoisotopic (exact) mass is 633 g/mol. The maximum atomic E-state index is 14.8. The molecule has 0 radical (unpaired) electrons. The molecule has 0 bridgehead atoms. The summed E-state index contributed by atoms with van der Waals surface area (Å²) in [5, 5.41) is 25.2. The van der Waals surface area contributed by atoms with Gasteiger partial charge < -0.3 is 29.8 Å². The minimum absolute atomic E-state index is 0.0317. The Morgan fingerprint density at radius 2 is 1.92 bits per heavy atom. The third-order valence-electron chi connectivity index (χ3n) is 6.07. The van der Waals surface area contributed by atoms with Crippen LogP contribution in [0.3, 0.4) is 0 Å². The number of pyridine rings is 1.